The Balaban J connectivity index is 0.000000174. The molecular weight excluding hydrogens is 960 g/mol. The van der Waals surface area contributed by atoms with Gasteiger partial charge in [-0.2, -0.15) is 5.26 Å². The van der Waals surface area contributed by atoms with Crippen LogP contribution in [-0.2, 0) is 25.5 Å². The molecule has 20 heteroatoms. The Bertz CT molecular complexity index is 2630. The fourth-order valence-electron chi connectivity index (χ4n) is 10.4. The van der Waals surface area contributed by atoms with Crippen LogP contribution in [0.3, 0.4) is 0 Å². The van der Waals surface area contributed by atoms with Crippen LogP contribution in [0, 0.1) is 43.4 Å². The quantitative estimate of drug-likeness (QED) is 0.0544. The number of carbonyl (C=O) groups is 3. The van der Waals surface area contributed by atoms with Crippen LogP contribution < -0.4 is 16.0 Å². The summed E-state index contributed by atoms with van der Waals surface area (Å²) in [6.07, 6.45) is 5.71. The normalized spacial score (nSPS) is 27.3. The topological polar surface area (TPSA) is 241 Å². The Morgan fingerprint density at radius 2 is 1.26 bits per heavy atom. The van der Waals surface area contributed by atoms with E-state index in [0.29, 0.717) is 72.1 Å². The van der Waals surface area contributed by atoms with Crippen LogP contribution in [0.5, 0.6) is 0 Å². The lowest BCUT2D eigenvalue weighted by Gasteiger charge is -2.38. The maximum absolute atomic E-state index is 13.9. The summed E-state index contributed by atoms with van der Waals surface area (Å²) in [6, 6.07) is 22.2. The van der Waals surface area contributed by atoms with Gasteiger partial charge in [0.1, 0.15) is 17.4 Å². The van der Waals surface area contributed by atoms with Gasteiger partial charge in [-0.1, -0.05) is 82.8 Å². The molecule has 6 aliphatic rings. The number of rotatable bonds is 11. The average Bonchev–Trinajstić information content (AvgIpc) is 4.21. The number of anilines is 2. The Morgan fingerprint density at radius 3 is 1.75 bits per heavy atom. The molecule has 8 atom stereocenters. The van der Waals surface area contributed by atoms with Gasteiger partial charge < -0.3 is 25.6 Å². The Hall–Kier alpha value is -5.22. The van der Waals surface area contributed by atoms with Gasteiger partial charge in [-0.25, -0.2) is 0 Å². The molecule has 4 aromatic carbocycles. The van der Waals surface area contributed by atoms with E-state index in [1.807, 2.05) is 4.90 Å². The molecular formula is C48H49Cl4N7O9. The van der Waals surface area contributed by atoms with Crippen LogP contribution in [0.15, 0.2) is 84.9 Å². The summed E-state index contributed by atoms with van der Waals surface area (Å²) in [5, 5.41) is 62.0. The number of hydrogen-bond acceptors (Lipinski definition) is 12. The summed E-state index contributed by atoms with van der Waals surface area (Å²) in [7, 11) is 0. The first-order valence-electron chi connectivity index (χ1n) is 22.1. The third-order valence-electron chi connectivity index (χ3n) is 13.4. The number of halogens is 4. The van der Waals surface area contributed by atoms with Crippen LogP contribution in [0.4, 0.5) is 11.4 Å². The van der Waals surface area contributed by atoms with Crippen molar-refractivity contribution in [3.05, 3.63) is 148 Å². The highest BCUT2D eigenvalue weighted by Crippen LogP contribution is 2.59. The minimum atomic E-state index is -1.36. The molecule has 5 N–H and O–H groups in total. The molecule has 0 bridgehead atoms. The van der Waals surface area contributed by atoms with E-state index in [4.69, 9.17) is 51.7 Å². The summed E-state index contributed by atoms with van der Waals surface area (Å²) >= 11 is 24.7. The van der Waals surface area contributed by atoms with Crippen LogP contribution in [0.1, 0.15) is 79.5 Å². The molecule has 2 amide bonds. The van der Waals surface area contributed by atoms with Gasteiger partial charge in [-0.05, 0) is 104 Å². The van der Waals surface area contributed by atoms with Crippen molar-refractivity contribution in [3.8, 4) is 6.07 Å². The number of aliphatic hydroxyl groups excluding tert-OH is 2. The highest BCUT2D eigenvalue weighted by atomic mass is 35.5. The van der Waals surface area contributed by atoms with Gasteiger partial charge in [0.15, 0.2) is 0 Å². The lowest BCUT2D eigenvalue weighted by Crippen LogP contribution is -2.52. The van der Waals surface area contributed by atoms with E-state index >= 15 is 0 Å². The third-order valence-corrected chi connectivity index (χ3v) is 14.3. The van der Waals surface area contributed by atoms with Crippen LogP contribution in [0.2, 0.25) is 20.1 Å². The highest BCUT2D eigenvalue weighted by molar-refractivity contribution is 6.32. The van der Waals surface area contributed by atoms with Crippen molar-refractivity contribution >= 4 is 75.9 Å². The number of aliphatic hydroxyl groups is 2. The molecule has 4 aromatic rings. The molecule has 16 nitrogen and oxygen atoms in total. The molecule has 4 fully saturated rings. The molecule has 2 saturated carbocycles. The van der Waals surface area contributed by atoms with Gasteiger partial charge in [0.25, 0.3) is 5.91 Å². The smallest absolute Gasteiger partial charge is 0.250 e. The molecule has 10 rings (SSSR count). The summed E-state index contributed by atoms with van der Waals surface area (Å²) < 4.78 is 0. The lowest BCUT2D eigenvalue weighted by molar-refractivity contribution is -0.528. The molecule has 358 valence electrons. The number of nitrogens with one attached hydrogen (secondary N) is 3. The van der Waals surface area contributed by atoms with Crippen LogP contribution in [-0.4, -0.2) is 87.0 Å². The zero-order valence-electron chi connectivity index (χ0n) is 36.7. The Labute approximate surface area is 412 Å². The number of likely N-dealkylation sites (tertiary alicyclic amines) is 1. The number of amides is 2. The first kappa shape index (κ1) is 50.7. The predicted molar refractivity (Wildman–Crippen MR) is 257 cm³/mol. The average molecular weight is 1010 g/mol. The molecule has 2 saturated heterocycles. The number of carbonyl (C=O) groups excluding carboxylic acids is 3. The number of aldehydes is 1. The second-order valence-electron chi connectivity index (χ2n) is 17.6. The number of nitriles is 1. The molecule has 68 heavy (non-hydrogen) atoms. The van der Waals surface area contributed by atoms with E-state index in [-0.39, 0.29) is 47.7 Å². The number of nitrogens with zero attached hydrogens (tertiary/aromatic N) is 4. The van der Waals surface area contributed by atoms with Crippen molar-refractivity contribution in [1.82, 2.24) is 10.2 Å². The third kappa shape index (κ3) is 9.68. The second kappa shape index (κ2) is 21.2. The molecule has 4 heterocycles. The van der Waals surface area contributed by atoms with Crippen LogP contribution >= 0.6 is 46.4 Å². The van der Waals surface area contributed by atoms with E-state index < -0.39 is 47.1 Å². The van der Waals surface area contributed by atoms with Crippen molar-refractivity contribution < 1.29 is 34.4 Å². The number of nitro groups is 2. The lowest BCUT2D eigenvalue weighted by atomic mass is 9.73. The van der Waals surface area contributed by atoms with Crippen molar-refractivity contribution in [1.29, 1.82) is 5.26 Å². The van der Waals surface area contributed by atoms with Gasteiger partial charge in [-0.3, -0.25) is 40.0 Å². The van der Waals surface area contributed by atoms with Crippen molar-refractivity contribution in [2.75, 3.05) is 30.4 Å². The van der Waals surface area contributed by atoms with E-state index in [1.165, 1.54) is 6.92 Å². The summed E-state index contributed by atoms with van der Waals surface area (Å²) in [5.74, 6) is -1.46. The minimum Gasteiger partial charge on any atom is -0.396 e. The summed E-state index contributed by atoms with van der Waals surface area (Å²) in [6.45, 7) is 1.54. The fourth-order valence-corrected chi connectivity index (χ4v) is 11.2. The molecule has 4 aliphatic heterocycles. The molecule has 0 aromatic heterocycles. The Kier molecular flexibility index (Phi) is 15.8. The SMILES string of the molecule is CC#N.O=C1Nc2cc(Cl)ccc2[C@@]12[C@@H](c1cccc(Cl)c1)[C@H]([N+](=O)[O-])[C@H](CCO)N2CC1CC1.O=C1Nc2cc(Cl)ccc2[C@]12N[C@@H](CCO)[C@@H]([N+](=O)[O-])[C@@H]2c1cccc(Cl)c1.O=CC1CC1. The van der Waals surface area contributed by atoms with Crippen molar-refractivity contribution in [2.24, 2.45) is 11.8 Å². The highest BCUT2D eigenvalue weighted by Gasteiger charge is 2.71. The van der Waals surface area contributed by atoms with E-state index in [9.17, 15) is 44.8 Å². The van der Waals surface area contributed by atoms with Crippen molar-refractivity contribution in [2.45, 2.75) is 92.5 Å². The van der Waals surface area contributed by atoms with E-state index in [1.54, 1.807) is 91.0 Å². The largest absolute Gasteiger partial charge is 0.396 e. The van der Waals surface area contributed by atoms with Gasteiger partial charge >= 0.3 is 0 Å². The summed E-state index contributed by atoms with van der Waals surface area (Å²) in [4.78, 5) is 62.6. The Morgan fingerprint density at radius 1 is 0.750 bits per heavy atom. The van der Waals surface area contributed by atoms with Gasteiger partial charge in [0.2, 0.25) is 18.0 Å². The number of benzene rings is 4. The standard InChI is InChI=1S/C23H23Cl2N3O4.C19H17Cl2N3O4.C4H6O.C2H3N/c24-15-3-1-2-14(10-15)20-21(28(31)32)19(8-9-29)27(12-13-4-5-13)23(20)17-7-6-16(25)11-18(17)26-22(23)30;20-11-3-1-2-10(8-11)16-17(24(27)28)14(6-7-25)23-19(16)13-5-4-12(21)9-15(13)22-18(19)26;5-3-4-1-2-4;1-2-3/h1-3,6-7,10-11,13,19-21,29H,4-5,8-9,12H2,(H,26,30);1-5,8-9,14,16-17,23,25H,6-7H2,(H,22,26);3-4H,1-2H2;1H3/t19-,20-,21+,23+;14-,16-,17+,19+;;/m00../s1. The molecule has 2 aliphatic carbocycles. The molecule has 0 radical (unpaired) electrons. The zero-order chi connectivity index (χ0) is 49.1. The van der Waals surface area contributed by atoms with E-state index in [0.717, 1.165) is 32.0 Å². The van der Waals surface area contributed by atoms with Crippen molar-refractivity contribution in [3.63, 3.8) is 0 Å². The van der Waals surface area contributed by atoms with Crippen LogP contribution in [0.25, 0.3) is 0 Å². The second-order valence-corrected chi connectivity index (χ2v) is 19.4. The maximum Gasteiger partial charge on any atom is 0.250 e. The van der Waals surface area contributed by atoms with E-state index in [2.05, 4.69) is 16.0 Å². The zero-order valence-corrected chi connectivity index (χ0v) is 39.7. The fraction of sp³-hybridized carbons (Fsp3) is 0.417. The number of fused-ring (bicyclic) bond motifs is 4. The maximum atomic E-state index is 13.9. The summed E-state index contributed by atoms with van der Waals surface area (Å²) in [5.41, 5.74) is 0.945. The van der Waals surface area contributed by atoms with Gasteiger partial charge in [-0.15, -0.1) is 0 Å². The first-order chi connectivity index (χ1) is 32.6. The van der Waals surface area contributed by atoms with Gasteiger partial charge in [0, 0.05) is 85.0 Å². The van der Waals surface area contributed by atoms with Gasteiger partial charge in [0.05, 0.1) is 30.0 Å². The first-order valence-corrected chi connectivity index (χ1v) is 23.6. The monoisotopic (exact) mass is 1010 g/mol. The minimum absolute atomic E-state index is 0.140. The number of hydrogen-bond donors (Lipinski definition) is 5. The molecule has 2 spiro atoms. The predicted octanol–water partition coefficient (Wildman–Crippen LogP) is 8.10. The molecule has 0 unspecified atom stereocenters.